The van der Waals surface area contributed by atoms with Gasteiger partial charge in [-0.2, -0.15) is 5.26 Å². The van der Waals surface area contributed by atoms with Crippen molar-refractivity contribution in [2.75, 3.05) is 44.7 Å². The summed E-state index contributed by atoms with van der Waals surface area (Å²) < 4.78 is 10.9. The summed E-state index contributed by atoms with van der Waals surface area (Å²) in [6.07, 6.45) is 0.908. The monoisotopic (exact) mass is 438 g/mol. The van der Waals surface area contributed by atoms with Crippen molar-refractivity contribution in [2.45, 2.75) is 6.42 Å². The topological polar surface area (TPSA) is 116 Å². The van der Waals surface area contributed by atoms with Crippen LogP contribution in [0.15, 0.2) is 40.1 Å². The van der Waals surface area contributed by atoms with Crippen LogP contribution in [0.3, 0.4) is 0 Å². The van der Waals surface area contributed by atoms with Gasteiger partial charge >= 0.3 is 6.01 Å². The highest BCUT2D eigenvalue weighted by molar-refractivity contribution is 7.13. The Morgan fingerprint density at radius 2 is 2.03 bits per heavy atom. The first kappa shape index (κ1) is 21.0. The summed E-state index contributed by atoms with van der Waals surface area (Å²) in [5.41, 5.74) is 1.87. The molecule has 1 aromatic carbocycles. The first-order valence-electron chi connectivity index (χ1n) is 9.99. The Morgan fingerprint density at radius 3 is 2.77 bits per heavy atom. The first-order chi connectivity index (χ1) is 15.2. The molecule has 1 aliphatic rings. The van der Waals surface area contributed by atoms with Crippen LogP contribution < -0.4 is 10.6 Å². The Hall–Kier alpha value is -3.26. The number of nitrogens with one attached hydrogen (secondary N) is 2. The molecule has 0 saturated carbocycles. The molecule has 1 aliphatic heterocycles. The molecular weight excluding hydrogens is 416 g/mol. The molecule has 2 N–H and O–H groups in total. The van der Waals surface area contributed by atoms with Crippen molar-refractivity contribution >= 4 is 28.9 Å². The molecule has 1 fully saturated rings. The third kappa shape index (κ3) is 5.67. The number of aromatic nitrogens is 2. The molecule has 2 aromatic heterocycles. The zero-order valence-electron chi connectivity index (χ0n) is 16.8. The molecule has 3 heterocycles. The summed E-state index contributed by atoms with van der Waals surface area (Å²) in [5.74, 6) is 0.252. The van der Waals surface area contributed by atoms with Crippen LogP contribution >= 0.6 is 11.3 Å². The molecule has 0 aliphatic carbocycles. The van der Waals surface area contributed by atoms with Crippen LogP contribution in [0.1, 0.15) is 22.3 Å². The minimum atomic E-state index is -0.0976. The average Bonchev–Trinajstić information content (AvgIpc) is 3.47. The normalized spacial score (nSPS) is 14.2. The summed E-state index contributed by atoms with van der Waals surface area (Å²) >= 11 is 1.37. The van der Waals surface area contributed by atoms with Gasteiger partial charge in [0.25, 0.3) is 11.8 Å². The van der Waals surface area contributed by atoms with Gasteiger partial charge in [0.1, 0.15) is 6.07 Å². The second-order valence-electron chi connectivity index (χ2n) is 6.99. The van der Waals surface area contributed by atoms with E-state index in [2.05, 4.69) is 31.8 Å². The SMILES string of the molecule is N#Cc1csc(-c2nnc(Nc3ccc(C(=O)NCCCN4CCOCC4)cc3)o2)c1. The number of benzene rings is 1. The minimum absolute atomic E-state index is 0.0976. The van der Waals surface area contributed by atoms with Crippen LogP contribution in [0.5, 0.6) is 0 Å². The van der Waals surface area contributed by atoms with Gasteiger partial charge in [-0.25, -0.2) is 0 Å². The molecule has 1 saturated heterocycles. The molecule has 160 valence electrons. The van der Waals surface area contributed by atoms with Crippen LogP contribution in [0.2, 0.25) is 0 Å². The Morgan fingerprint density at radius 1 is 1.23 bits per heavy atom. The molecule has 0 spiro atoms. The maximum absolute atomic E-state index is 12.3. The van der Waals surface area contributed by atoms with E-state index in [0.29, 0.717) is 23.6 Å². The number of hydrogen-bond acceptors (Lipinski definition) is 9. The number of thiophene rings is 1. The predicted octanol–water partition coefficient (Wildman–Crippen LogP) is 2.87. The Bertz CT molecular complexity index is 1050. The Balaban J connectivity index is 1.25. The second kappa shape index (κ2) is 10.2. The fourth-order valence-corrected chi connectivity index (χ4v) is 3.89. The average molecular weight is 439 g/mol. The Labute approximate surface area is 183 Å². The lowest BCUT2D eigenvalue weighted by Crippen LogP contribution is -2.38. The Kier molecular flexibility index (Phi) is 6.89. The van der Waals surface area contributed by atoms with E-state index in [1.54, 1.807) is 35.7 Å². The second-order valence-corrected chi connectivity index (χ2v) is 7.90. The summed E-state index contributed by atoms with van der Waals surface area (Å²) in [4.78, 5) is 15.4. The molecule has 31 heavy (non-hydrogen) atoms. The largest absolute Gasteiger partial charge is 0.402 e. The predicted molar refractivity (Wildman–Crippen MR) is 116 cm³/mol. The van der Waals surface area contributed by atoms with Crippen LogP contribution in [-0.4, -0.2) is 60.4 Å². The van der Waals surface area contributed by atoms with E-state index in [4.69, 9.17) is 14.4 Å². The number of nitrogens with zero attached hydrogens (tertiary/aromatic N) is 4. The number of rotatable bonds is 8. The molecule has 4 rings (SSSR count). The highest BCUT2D eigenvalue weighted by Gasteiger charge is 2.12. The lowest BCUT2D eigenvalue weighted by atomic mass is 10.2. The number of nitriles is 1. The van der Waals surface area contributed by atoms with E-state index in [9.17, 15) is 4.79 Å². The molecule has 9 nitrogen and oxygen atoms in total. The number of hydrogen-bond donors (Lipinski definition) is 2. The standard InChI is InChI=1S/C21H22N6O3S/c22-13-15-12-18(31-14-15)20-25-26-21(30-20)24-17-4-2-16(3-5-17)19(28)23-6-1-7-27-8-10-29-11-9-27/h2-5,12,14H,1,6-11H2,(H,23,28)(H,24,26). The highest BCUT2D eigenvalue weighted by Crippen LogP contribution is 2.27. The summed E-state index contributed by atoms with van der Waals surface area (Å²) in [7, 11) is 0. The zero-order valence-corrected chi connectivity index (χ0v) is 17.7. The lowest BCUT2D eigenvalue weighted by Gasteiger charge is -2.26. The van der Waals surface area contributed by atoms with E-state index in [1.807, 2.05) is 0 Å². The van der Waals surface area contributed by atoms with Crippen LogP contribution in [0, 0.1) is 11.3 Å². The van der Waals surface area contributed by atoms with Crippen molar-refractivity contribution in [2.24, 2.45) is 0 Å². The van der Waals surface area contributed by atoms with Gasteiger partial charge in [0, 0.05) is 36.3 Å². The molecule has 0 radical (unpaired) electrons. The smallest absolute Gasteiger partial charge is 0.320 e. The highest BCUT2D eigenvalue weighted by atomic mass is 32.1. The zero-order chi connectivity index (χ0) is 21.5. The molecule has 10 heteroatoms. The van der Waals surface area contributed by atoms with Gasteiger partial charge in [-0.1, -0.05) is 5.10 Å². The summed E-state index contributed by atoms with van der Waals surface area (Å²) in [6.45, 7) is 5.08. The van der Waals surface area contributed by atoms with Crippen LogP contribution in [0.4, 0.5) is 11.7 Å². The lowest BCUT2D eigenvalue weighted by molar-refractivity contribution is 0.0374. The molecule has 1 amide bonds. The van der Waals surface area contributed by atoms with Crippen molar-refractivity contribution in [3.63, 3.8) is 0 Å². The molecular formula is C21H22N6O3S. The third-order valence-corrected chi connectivity index (χ3v) is 5.72. The van der Waals surface area contributed by atoms with E-state index in [1.165, 1.54) is 11.3 Å². The van der Waals surface area contributed by atoms with Gasteiger partial charge in [-0.05, 0) is 43.3 Å². The molecule has 3 aromatic rings. The van der Waals surface area contributed by atoms with E-state index < -0.39 is 0 Å². The van der Waals surface area contributed by atoms with Gasteiger partial charge in [0.15, 0.2) is 0 Å². The first-order valence-corrected chi connectivity index (χ1v) is 10.9. The van der Waals surface area contributed by atoms with Crippen molar-refractivity contribution in [3.8, 4) is 16.8 Å². The number of morpholine rings is 1. The number of amides is 1. The van der Waals surface area contributed by atoms with Gasteiger partial charge in [-0.3, -0.25) is 9.69 Å². The number of carbonyl (C=O) groups excluding carboxylic acids is 1. The maximum Gasteiger partial charge on any atom is 0.320 e. The fourth-order valence-electron chi connectivity index (χ4n) is 3.14. The van der Waals surface area contributed by atoms with Crippen molar-refractivity contribution in [1.29, 1.82) is 5.26 Å². The number of ether oxygens (including phenoxy) is 1. The number of anilines is 2. The van der Waals surface area contributed by atoms with Crippen molar-refractivity contribution in [1.82, 2.24) is 20.4 Å². The van der Waals surface area contributed by atoms with E-state index in [0.717, 1.165) is 49.8 Å². The summed E-state index contributed by atoms with van der Waals surface area (Å²) in [5, 5.41) is 24.6. The molecule has 0 bridgehead atoms. The fraction of sp³-hybridized carbons (Fsp3) is 0.333. The van der Waals surface area contributed by atoms with E-state index in [-0.39, 0.29) is 11.9 Å². The van der Waals surface area contributed by atoms with Crippen molar-refractivity contribution < 1.29 is 13.9 Å². The van der Waals surface area contributed by atoms with Crippen LogP contribution in [0.25, 0.3) is 10.8 Å². The molecule has 0 unspecified atom stereocenters. The van der Waals surface area contributed by atoms with Crippen molar-refractivity contribution in [3.05, 3.63) is 46.8 Å². The minimum Gasteiger partial charge on any atom is -0.402 e. The number of carbonyl (C=O) groups is 1. The van der Waals surface area contributed by atoms with Gasteiger partial charge in [-0.15, -0.1) is 16.4 Å². The van der Waals surface area contributed by atoms with Gasteiger partial charge in [0.05, 0.1) is 23.7 Å². The van der Waals surface area contributed by atoms with Crippen LogP contribution in [-0.2, 0) is 4.74 Å². The third-order valence-electron chi connectivity index (χ3n) is 4.80. The van der Waals surface area contributed by atoms with Gasteiger partial charge in [0.2, 0.25) is 0 Å². The van der Waals surface area contributed by atoms with Gasteiger partial charge < -0.3 is 19.8 Å². The van der Waals surface area contributed by atoms with E-state index >= 15 is 0 Å². The summed E-state index contributed by atoms with van der Waals surface area (Å²) in [6, 6.07) is 11.1. The quantitative estimate of drug-likeness (QED) is 0.516. The maximum atomic E-state index is 12.3. The molecule has 0 atom stereocenters.